The van der Waals surface area contributed by atoms with Gasteiger partial charge >= 0.3 is 0 Å². The standard InChI is InChI=1S/C34H63N3/c1-33(2)28-14-12-26(22-28)30(33)10-7-5-6-8-11-31(32-27-13-15-29(23-27)34(32,3)4)36-24-25-16-20-37(21-17-25)19-9-18-35/h25-32,36H,5-24,35H2,1-4H3. The lowest BCUT2D eigenvalue weighted by molar-refractivity contribution is 0.0767. The molecular weight excluding hydrogens is 450 g/mol. The van der Waals surface area contributed by atoms with Crippen LogP contribution in [0.1, 0.15) is 124 Å². The van der Waals surface area contributed by atoms with Gasteiger partial charge in [0.1, 0.15) is 0 Å². The van der Waals surface area contributed by atoms with Gasteiger partial charge in [-0.1, -0.05) is 53.4 Å². The van der Waals surface area contributed by atoms with Gasteiger partial charge in [0.25, 0.3) is 0 Å². The number of fused-ring (bicyclic) bond motifs is 4. The molecule has 1 aliphatic heterocycles. The number of nitrogens with two attached hydrogens (primary N) is 1. The van der Waals surface area contributed by atoms with Crippen molar-refractivity contribution in [1.29, 1.82) is 0 Å². The molecule has 5 rings (SSSR count). The largest absolute Gasteiger partial charge is 0.330 e. The Bertz CT molecular complexity index is 708. The Hall–Kier alpha value is -0.120. The number of nitrogens with one attached hydrogen (secondary N) is 1. The van der Waals surface area contributed by atoms with Crippen molar-refractivity contribution < 1.29 is 0 Å². The molecule has 0 amide bonds. The van der Waals surface area contributed by atoms with E-state index in [1.807, 2.05) is 0 Å². The first-order chi connectivity index (χ1) is 17.8. The summed E-state index contributed by atoms with van der Waals surface area (Å²) in [6.07, 6.45) is 21.9. The summed E-state index contributed by atoms with van der Waals surface area (Å²) in [7, 11) is 0. The lowest BCUT2D eigenvalue weighted by atomic mass is 9.65. The third kappa shape index (κ3) is 6.14. The fourth-order valence-corrected chi connectivity index (χ4v) is 10.9. The zero-order valence-electron chi connectivity index (χ0n) is 25.3. The van der Waals surface area contributed by atoms with Crippen molar-refractivity contribution in [2.45, 2.75) is 130 Å². The van der Waals surface area contributed by atoms with Gasteiger partial charge in [-0.15, -0.1) is 0 Å². The predicted molar refractivity (Wildman–Crippen MR) is 159 cm³/mol. The van der Waals surface area contributed by atoms with Crippen LogP contribution in [0.4, 0.5) is 0 Å². The summed E-state index contributed by atoms with van der Waals surface area (Å²) >= 11 is 0. The van der Waals surface area contributed by atoms with Gasteiger partial charge in [-0.05, 0) is 156 Å². The molecule has 214 valence electrons. The van der Waals surface area contributed by atoms with E-state index < -0.39 is 0 Å². The zero-order chi connectivity index (χ0) is 26.0. The van der Waals surface area contributed by atoms with Crippen LogP contribution in [0.15, 0.2) is 0 Å². The Balaban J connectivity index is 1.07. The van der Waals surface area contributed by atoms with Crippen molar-refractivity contribution in [3.63, 3.8) is 0 Å². The summed E-state index contributed by atoms with van der Waals surface area (Å²) < 4.78 is 0. The van der Waals surface area contributed by atoms with Crippen LogP contribution < -0.4 is 11.1 Å². The van der Waals surface area contributed by atoms with Gasteiger partial charge in [-0.3, -0.25) is 0 Å². The van der Waals surface area contributed by atoms with Crippen LogP contribution in [-0.2, 0) is 0 Å². The lowest BCUT2D eigenvalue weighted by Crippen LogP contribution is -2.48. The van der Waals surface area contributed by atoms with Gasteiger partial charge in [-0.2, -0.15) is 0 Å². The molecule has 4 aliphatic carbocycles. The van der Waals surface area contributed by atoms with Crippen LogP contribution in [0.5, 0.6) is 0 Å². The molecule has 0 aromatic heterocycles. The average Bonchev–Trinajstić information content (AvgIpc) is 3.64. The molecule has 0 radical (unpaired) electrons. The van der Waals surface area contributed by atoms with Gasteiger partial charge < -0.3 is 16.0 Å². The highest BCUT2D eigenvalue weighted by Crippen LogP contribution is 2.61. The molecule has 3 heteroatoms. The number of piperidine rings is 1. The van der Waals surface area contributed by atoms with Crippen LogP contribution in [0.25, 0.3) is 0 Å². The molecule has 0 aromatic rings. The van der Waals surface area contributed by atoms with Gasteiger partial charge in [0, 0.05) is 6.04 Å². The Morgan fingerprint density at radius 3 is 2.11 bits per heavy atom. The van der Waals surface area contributed by atoms with E-state index in [4.69, 9.17) is 5.73 Å². The zero-order valence-corrected chi connectivity index (χ0v) is 25.3. The molecule has 3 N–H and O–H groups in total. The molecule has 7 atom stereocenters. The van der Waals surface area contributed by atoms with E-state index in [1.165, 1.54) is 110 Å². The number of nitrogens with zero attached hydrogens (tertiary/aromatic N) is 1. The van der Waals surface area contributed by atoms with Crippen LogP contribution in [0, 0.1) is 52.3 Å². The van der Waals surface area contributed by atoms with E-state index >= 15 is 0 Å². The second-order valence-electron chi connectivity index (χ2n) is 15.7. The maximum Gasteiger partial charge on any atom is 0.0103 e. The molecule has 4 bridgehead atoms. The van der Waals surface area contributed by atoms with Crippen molar-refractivity contribution in [2.24, 2.45) is 58.0 Å². The number of likely N-dealkylation sites (tertiary alicyclic amines) is 1. The average molecular weight is 514 g/mol. The second kappa shape index (κ2) is 12.2. The number of hydrogen-bond donors (Lipinski definition) is 2. The predicted octanol–water partition coefficient (Wildman–Crippen LogP) is 7.49. The Kier molecular flexibility index (Phi) is 9.35. The van der Waals surface area contributed by atoms with Gasteiger partial charge in [0.2, 0.25) is 0 Å². The molecule has 0 aromatic carbocycles. The fourth-order valence-electron chi connectivity index (χ4n) is 10.9. The molecule has 0 spiro atoms. The Morgan fingerprint density at radius 2 is 1.46 bits per heavy atom. The number of hydrogen-bond acceptors (Lipinski definition) is 3. The third-order valence-corrected chi connectivity index (χ3v) is 13.2. The lowest BCUT2D eigenvalue weighted by Gasteiger charge is -2.44. The van der Waals surface area contributed by atoms with Crippen LogP contribution in [0.3, 0.4) is 0 Å². The topological polar surface area (TPSA) is 41.3 Å². The first kappa shape index (κ1) is 28.4. The summed E-state index contributed by atoms with van der Waals surface area (Å²) in [5, 5.41) is 4.26. The number of rotatable bonds is 14. The first-order valence-electron chi connectivity index (χ1n) is 17.0. The van der Waals surface area contributed by atoms with Crippen LogP contribution >= 0.6 is 0 Å². The van der Waals surface area contributed by atoms with E-state index in [9.17, 15) is 0 Å². The van der Waals surface area contributed by atoms with Crippen LogP contribution in [0.2, 0.25) is 0 Å². The smallest absolute Gasteiger partial charge is 0.0103 e. The van der Waals surface area contributed by atoms with Crippen molar-refractivity contribution in [3.8, 4) is 0 Å². The first-order valence-corrected chi connectivity index (χ1v) is 17.0. The van der Waals surface area contributed by atoms with E-state index in [2.05, 4.69) is 37.9 Å². The molecule has 1 heterocycles. The number of unbranched alkanes of at least 4 members (excludes halogenated alkanes) is 3. The Labute approximate surface area is 230 Å². The monoisotopic (exact) mass is 514 g/mol. The summed E-state index contributed by atoms with van der Waals surface area (Å²) in [6, 6.07) is 0.755. The van der Waals surface area contributed by atoms with Crippen LogP contribution in [-0.4, -0.2) is 43.7 Å². The molecule has 1 saturated heterocycles. The van der Waals surface area contributed by atoms with Crippen molar-refractivity contribution in [2.75, 3.05) is 32.7 Å². The van der Waals surface area contributed by atoms with Crippen molar-refractivity contribution in [1.82, 2.24) is 10.2 Å². The Morgan fingerprint density at radius 1 is 0.784 bits per heavy atom. The maximum absolute atomic E-state index is 5.74. The van der Waals surface area contributed by atoms with E-state index in [0.29, 0.717) is 10.8 Å². The van der Waals surface area contributed by atoms with Gasteiger partial charge in [0.15, 0.2) is 0 Å². The molecular formula is C34H63N3. The highest BCUT2D eigenvalue weighted by molar-refractivity contribution is 5.06. The molecule has 4 saturated carbocycles. The normalized spacial score (nSPS) is 37.5. The summed E-state index contributed by atoms with van der Waals surface area (Å²) in [5.74, 6) is 6.91. The minimum Gasteiger partial charge on any atom is -0.330 e. The molecule has 3 nitrogen and oxygen atoms in total. The van der Waals surface area contributed by atoms with Crippen molar-refractivity contribution >= 4 is 0 Å². The fraction of sp³-hybridized carbons (Fsp3) is 1.00. The quantitative estimate of drug-likeness (QED) is 0.236. The SMILES string of the molecule is CC1(C)C2CCC(C2)C1CCCCCCC(NCC1CCN(CCCN)CC1)C1C2CCC(C2)C1(C)C. The maximum atomic E-state index is 5.74. The minimum absolute atomic E-state index is 0.541. The summed E-state index contributed by atoms with van der Waals surface area (Å²) in [6.45, 7) is 16.3. The molecule has 7 unspecified atom stereocenters. The minimum atomic E-state index is 0.541. The van der Waals surface area contributed by atoms with E-state index in [1.54, 1.807) is 6.42 Å². The highest BCUT2D eigenvalue weighted by atomic mass is 15.1. The molecule has 37 heavy (non-hydrogen) atoms. The molecule has 5 fully saturated rings. The highest BCUT2D eigenvalue weighted by Gasteiger charge is 2.55. The summed E-state index contributed by atoms with van der Waals surface area (Å²) in [4.78, 5) is 2.65. The summed E-state index contributed by atoms with van der Waals surface area (Å²) in [5.41, 5.74) is 6.92. The van der Waals surface area contributed by atoms with E-state index in [0.717, 1.165) is 60.4 Å². The van der Waals surface area contributed by atoms with Gasteiger partial charge in [-0.25, -0.2) is 0 Å². The van der Waals surface area contributed by atoms with Gasteiger partial charge in [0.05, 0.1) is 0 Å². The third-order valence-electron chi connectivity index (χ3n) is 13.2. The second-order valence-corrected chi connectivity index (χ2v) is 15.7. The van der Waals surface area contributed by atoms with Crippen molar-refractivity contribution in [3.05, 3.63) is 0 Å². The molecule has 5 aliphatic rings. The van der Waals surface area contributed by atoms with E-state index in [-0.39, 0.29) is 0 Å².